The lowest BCUT2D eigenvalue weighted by Crippen LogP contribution is -2.72. The molecular weight excluding hydrogens is 466 g/mol. The molecule has 1 unspecified atom stereocenters. The molecule has 6 heteroatoms. The van der Waals surface area contributed by atoms with Gasteiger partial charge in [0.1, 0.15) is 5.60 Å². The van der Waals surface area contributed by atoms with Crippen molar-refractivity contribution in [3.05, 3.63) is 60.7 Å². The van der Waals surface area contributed by atoms with Gasteiger partial charge >= 0.3 is 6.09 Å². The first kappa shape index (κ1) is 28.4. The average Bonchev–Trinajstić information content (AvgIpc) is 2.78. The molecule has 2 aromatic carbocycles. The minimum atomic E-state index is -2.86. The molecule has 1 aliphatic heterocycles. The van der Waals surface area contributed by atoms with E-state index in [-0.39, 0.29) is 11.6 Å². The van der Waals surface area contributed by atoms with Gasteiger partial charge in [-0.25, -0.2) is 4.79 Å². The fraction of sp³-hybridized carbons (Fsp3) is 0.567. The molecule has 198 valence electrons. The molecule has 0 aromatic heterocycles. The Hall–Kier alpha value is -2.15. The molecule has 1 saturated heterocycles. The standard InChI is InChI=1S/C30H45NO4Si/c1-27(2,3)35-26(32)31-22-16-15-21-30(31,29(7,8)33)23-34-36(28(4,5)6,24-17-11-9-12-18-24)25-19-13-10-14-20-25/h9-14,17-20,33H,15-16,21-23H2,1-8H3. The van der Waals surface area contributed by atoms with Crippen LogP contribution in [-0.2, 0) is 9.16 Å². The van der Waals surface area contributed by atoms with Gasteiger partial charge < -0.3 is 14.3 Å². The van der Waals surface area contributed by atoms with Gasteiger partial charge in [-0.15, -0.1) is 0 Å². The summed E-state index contributed by atoms with van der Waals surface area (Å²) in [6.45, 7) is 16.7. The summed E-state index contributed by atoms with van der Waals surface area (Å²) in [7, 11) is -2.86. The fourth-order valence-corrected chi connectivity index (χ4v) is 10.2. The van der Waals surface area contributed by atoms with E-state index in [4.69, 9.17) is 9.16 Å². The third-order valence-electron chi connectivity index (χ3n) is 7.44. The Morgan fingerprint density at radius 2 is 1.39 bits per heavy atom. The number of benzene rings is 2. The first-order valence-corrected chi connectivity index (χ1v) is 15.0. The number of carbonyl (C=O) groups is 1. The average molecular weight is 512 g/mol. The molecule has 0 radical (unpaired) electrons. The second kappa shape index (κ2) is 10.3. The van der Waals surface area contributed by atoms with Gasteiger partial charge in [0.05, 0.1) is 17.7 Å². The van der Waals surface area contributed by atoms with Crippen LogP contribution < -0.4 is 10.4 Å². The van der Waals surface area contributed by atoms with E-state index in [0.29, 0.717) is 13.0 Å². The molecule has 3 rings (SSSR count). The van der Waals surface area contributed by atoms with Crippen LogP contribution in [0.15, 0.2) is 60.7 Å². The number of piperidine rings is 1. The Kier molecular flexibility index (Phi) is 8.14. The van der Waals surface area contributed by atoms with Gasteiger partial charge in [0.15, 0.2) is 0 Å². The summed E-state index contributed by atoms with van der Waals surface area (Å²) in [6, 6.07) is 21.0. The number of nitrogens with zero attached hydrogens (tertiary/aromatic N) is 1. The van der Waals surface area contributed by atoms with Crippen LogP contribution >= 0.6 is 0 Å². The van der Waals surface area contributed by atoms with E-state index in [9.17, 15) is 9.90 Å². The lowest BCUT2D eigenvalue weighted by molar-refractivity contribution is -0.126. The zero-order valence-corrected chi connectivity index (χ0v) is 24.4. The lowest BCUT2D eigenvalue weighted by atomic mass is 9.75. The molecule has 5 nitrogen and oxygen atoms in total. The van der Waals surface area contributed by atoms with Crippen LogP contribution in [0.1, 0.15) is 74.7 Å². The zero-order valence-electron chi connectivity index (χ0n) is 23.4. The quantitative estimate of drug-likeness (QED) is 0.521. The molecule has 1 atom stereocenters. The summed E-state index contributed by atoms with van der Waals surface area (Å²) >= 11 is 0. The van der Waals surface area contributed by atoms with Gasteiger partial charge in [-0.3, -0.25) is 4.90 Å². The molecule has 1 N–H and O–H groups in total. The maximum absolute atomic E-state index is 13.5. The number of hydrogen-bond donors (Lipinski definition) is 1. The number of aliphatic hydroxyl groups is 1. The second-order valence-corrected chi connectivity index (χ2v) is 16.9. The van der Waals surface area contributed by atoms with Gasteiger partial charge in [-0.1, -0.05) is 81.4 Å². The van der Waals surface area contributed by atoms with Crippen LogP contribution in [0.4, 0.5) is 4.79 Å². The smallest absolute Gasteiger partial charge is 0.410 e. The molecule has 1 heterocycles. The Morgan fingerprint density at radius 3 is 1.81 bits per heavy atom. The molecule has 0 aliphatic carbocycles. The van der Waals surface area contributed by atoms with Crippen molar-refractivity contribution in [3.63, 3.8) is 0 Å². The van der Waals surface area contributed by atoms with Crippen LogP contribution in [0, 0.1) is 0 Å². The first-order valence-electron chi connectivity index (χ1n) is 13.1. The van der Waals surface area contributed by atoms with Crippen LogP contribution in [0.5, 0.6) is 0 Å². The number of ether oxygens (including phenoxy) is 1. The number of likely N-dealkylation sites (tertiary alicyclic amines) is 1. The molecule has 1 fully saturated rings. The molecule has 0 saturated carbocycles. The van der Waals surface area contributed by atoms with Crippen LogP contribution in [-0.4, -0.2) is 54.3 Å². The van der Waals surface area contributed by atoms with Gasteiger partial charge in [-0.2, -0.15) is 0 Å². The van der Waals surface area contributed by atoms with Crippen molar-refractivity contribution < 1.29 is 19.1 Å². The van der Waals surface area contributed by atoms with E-state index in [1.165, 1.54) is 10.4 Å². The van der Waals surface area contributed by atoms with Gasteiger partial charge in [0.2, 0.25) is 0 Å². The molecule has 36 heavy (non-hydrogen) atoms. The van der Waals surface area contributed by atoms with Crippen molar-refractivity contribution in [2.24, 2.45) is 0 Å². The Bertz CT molecular complexity index is 966. The van der Waals surface area contributed by atoms with E-state index in [1.807, 2.05) is 32.9 Å². The molecule has 1 amide bonds. The highest BCUT2D eigenvalue weighted by Crippen LogP contribution is 2.42. The summed E-state index contributed by atoms with van der Waals surface area (Å²) in [4.78, 5) is 15.2. The van der Waals surface area contributed by atoms with E-state index in [0.717, 1.165) is 12.8 Å². The fourth-order valence-electron chi connectivity index (χ4n) is 5.57. The Morgan fingerprint density at radius 1 is 0.889 bits per heavy atom. The molecule has 0 bridgehead atoms. The van der Waals surface area contributed by atoms with Crippen molar-refractivity contribution in [2.75, 3.05) is 13.2 Å². The summed E-state index contributed by atoms with van der Waals surface area (Å²) < 4.78 is 13.1. The normalized spacial score (nSPS) is 19.8. The highest BCUT2D eigenvalue weighted by atomic mass is 28.4. The maximum atomic E-state index is 13.5. The highest BCUT2D eigenvalue weighted by Gasteiger charge is 2.57. The van der Waals surface area contributed by atoms with Gasteiger partial charge in [-0.05, 0) is 69.3 Å². The highest BCUT2D eigenvalue weighted by molar-refractivity contribution is 6.99. The maximum Gasteiger partial charge on any atom is 0.410 e. The summed E-state index contributed by atoms with van der Waals surface area (Å²) in [5, 5.41) is 13.8. The molecule has 1 aliphatic rings. The number of hydrogen-bond acceptors (Lipinski definition) is 4. The van der Waals surface area contributed by atoms with E-state index < -0.39 is 31.2 Å². The van der Waals surface area contributed by atoms with Crippen molar-refractivity contribution >= 4 is 24.8 Å². The lowest BCUT2D eigenvalue weighted by Gasteiger charge is -2.55. The van der Waals surface area contributed by atoms with E-state index >= 15 is 0 Å². The minimum Gasteiger partial charge on any atom is -0.444 e. The summed E-state index contributed by atoms with van der Waals surface area (Å²) in [5.74, 6) is 0. The molecule has 2 aromatic rings. The van der Waals surface area contributed by atoms with Gasteiger partial charge in [0.25, 0.3) is 8.32 Å². The number of amides is 1. The Balaban J connectivity index is 2.15. The van der Waals surface area contributed by atoms with Gasteiger partial charge in [0, 0.05) is 6.54 Å². The van der Waals surface area contributed by atoms with Crippen molar-refractivity contribution in [1.82, 2.24) is 4.90 Å². The van der Waals surface area contributed by atoms with Crippen LogP contribution in [0.3, 0.4) is 0 Å². The van der Waals surface area contributed by atoms with Crippen molar-refractivity contribution in [3.8, 4) is 0 Å². The molecular formula is C30H45NO4Si. The largest absolute Gasteiger partial charge is 0.444 e. The summed E-state index contributed by atoms with van der Waals surface area (Å²) in [6.07, 6.45) is 2.04. The van der Waals surface area contributed by atoms with Crippen molar-refractivity contribution in [2.45, 2.75) is 96.4 Å². The first-order chi connectivity index (χ1) is 16.6. The SMILES string of the molecule is CC(C)(C)OC(=O)N1CCCCC1(CO[Si](c1ccccc1)(c1ccccc1)C(C)(C)C)C(C)(C)O. The molecule has 0 spiro atoms. The number of carbonyl (C=O) groups excluding carboxylic acids is 1. The zero-order chi connectivity index (χ0) is 26.8. The third-order valence-corrected chi connectivity index (χ3v) is 12.4. The minimum absolute atomic E-state index is 0.206. The van der Waals surface area contributed by atoms with E-state index in [2.05, 4.69) is 69.3 Å². The summed E-state index contributed by atoms with van der Waals surface area (Å²) in [5.41, 5.74) is -2.74. The van der Waals surface area contributed by atoms with Crippen molar-refractivity contribution in [1.29, 1.82) is 0 Å². The number of rotatable bonds is 6. The topological polar surface area (TPSA) is 59.0 Å². The Labute approximate surface area is 218 Å². The monoisotopic (exact) mass is 511 g/mol. The predicted molar refractivity (Wildman–Crippen MR) is 149 cm³/mol. The van der Waals surface area contributed by atoms with Crippen LogP contribution in [0.25, 0.3) is 0 Å². The predicted octanol–water partition coefficient (Wildman–Crippen LogP) is 5.49. The van der Waals surface area contributed by atoms with Crippen LogP contribution in [0.2, 0.25) is 5.04 Å². The van der Waals surface area contributed by atoms with E-state index in [1.54, 1.807) is 18.7 Å². The third kappa shape index (κ3) is 5.56. The second-order valence-electron chi connectivity index (χ2n) is 12.6.